The summed E-state index contributed by atoms with van der Waals surface area (Å²) in [6, 6.07) is 8.11. The minimum absolute atomic E-state index is 0.491. The third-order valence-corrected chi connectivity index (χ3v) is 4.05. The molecule has 3 nitrogen and oxygen atoms in total. The molecule has 1 saturated carbocycles. The monoisotopic (exact) mass is 241 g/mol. The fourth-order valence-electron chi connectivity index (χ4n) is 2.50. The molecule has 0 bridgehead atoms. The average molecular weight is 241 g/mol. The molecule has 1 aromatic heterocycles. The molecule has 0 aliphatic heterocycles. The van der Waals surface area contributed by atoms with Gasteiger partial charge in [-0.1, -0.05) is 32.0 Å². The van der Waals surface area contributed by atoms with Crippen molar-refractivity contribution in [2.24, 2.45) is 11.3 Å². The van der Waals surface area contributed by atoms with Crippen LogP contribution in [0.4, 0.5) is 11.4 Å². The molecule has 1 aliphatic rings. The second-order valence-electron chi connectivity index (χ2n) is 5.88. The van der Waals surface area contributed by atoms with Gasteiger partial charge < -0.3 is 11.1 Å². The van der Waals surface area contributed by atoms with Gasteiger partial charge in [0.25, 0.3) is 0 Å². The summed E-state index contributed by atoms with van der Waals surface area (Å²) in [7, 11) is 0. The predicted octanol–water partition coefficient (Wildman–Crippen LogP) is 3.28. The molecule has 0 amide bonds. The van der Waals surface area contributed by atoms with E-state index < -0.39 is 0 Å². The third kappa shape index (κ3) is 1.90. The van der Waals surface area contributed by atoms with Gasteiger partial charge in [-0.15, -0.1) is 0 Å². The molecule has 2 aromatic rings. The summed E-state index contributed by atoms with van der Waals surface area (Å²) in [4.78, 5) is 4.35. The van der Waals surface area contributed by atoms with Crippen molar-refractivity contribution < 1.29 is 0 Å². The van der Waals surface area contributed by atoms with E-state index in [-0.39, 0.29) is 0 Å². The second-order valence-corrected chi connectivity index (χ2v) is 5.88. The number of pyridine rings is 1. The summed E-state index contributed by atoms with van der Waals surface area (Å²) in [5.74, 6) is 0.754. The first kappa shape index (κ1) is 11.3. The van der Waals surface area contributed by atoms with Gasteiger partial charge in [-0.05, 0) is 23.8 Å². The maximum atomic E-state index is 6.04. The molecule has 18 heavy (non-hydrogen) atoms. The minimum atomic E-state index is 0.491. The molecule has 3 N–H and O–H groups in total. The van der Waals surface area contributed by atoms with Crippen molar-refractivity contribution in [3.63, 3.8) is 0 Å². The Kier molecular flexibility index (Phi) is 2.44. The Morgan fingerprint density at radius 1 is 1.39 bits per heavy atom. The van der Waals surface area contributed by atoms with Gasteiger partial charge in [-0.3, -0.25) is 4.98 Å². The Labute approximate surface area is 107 Å². The number of nitrogens with two attached hydrogens (primary N) is 1. The van der Waals surface area contributed by atoms with Crippen molar-refractivity contribution in [3.8, 4) is 0 Å². The lowest BCUT2D eigenvalue weighted by atomic mass is 10.1. The highest BCUT2D eigenvalue weighted by molar-refractivity contribution is 5.96. The molecule has 1 aliphatic carbocycles. The van der Waals surface area contributed by atoms with Crippen molar-refractivity contribution in [2.75, 3.05) is 17.6 Å². The summed E-state index contributed by atoms with van der Waals surface area (Å²) in [5, 5.41) is 4.62. The zero-order valence-corrected chi connectivity index (χ0v) is 10.9. The lowest BCUT2D eigenvalue weighted by molar-refractivity contribution is 0.573. The number of nitrogen functional groups attached to an aromatic ring is 1. The van der Waals surface area contributed by atoms with Crippen LogP contribution in [-0.4, -0.2) is 11.5 Å². The molecule has 1 atom stereocenters. The van der Waals surface area contributed by atoms with Crippen molar-refractivity contribution >= 4 is 22.3 Å². The zero-order chi connectivity index (χ0) is 12.8. The van der Waals surface area contributed by atoms with E-state index in [1.807, 2.05) is 18.2 Å². The highest BCUT2D eigenvalue weighted by Crippen LogP contribution is 2.51. The van der Waals surface area contributed by atoms with Crippen molar-refractivity contribution in [3.05, 3.63) is 30.5 Å². The first-order chi connectivity index (χ1) is 8.58. The number of hydrogen-bond acceptors (Lipinski definition) is 3. The average Bonchev–Trinajstić information content (AvgIpc) is 2.96. The highest BCUT2D eigenvalue weighted by atomic mass is 14.9. The van der Waals surface area contributed by atoms with Crippen molar-refractivity contribution in [1.29, 1.82) is 0 Å². The summed E-state index contributed by atoms with van der Waals surface area (Å²) in [6.45, 7) is 5.62. The Bertz CT molecular complexity index is 589. The van der Waals surface area contributed by atoms with Gasteiger partial charge in [0.15, 0.2) is 0 Å². The Morgan fingerprint density at radius 2 is 2.11 bits per heavy atom. The van der Waals surface area contributed by atoms with Gasteiger partial charge in [0.2, 0.25) is 0 Å². The molecule has 1 unspecified atom stereocenters. The normalized spacial score (nSPS) is 20.9. The van der Waals surface area contributed by atoms with E-state index in [2.05, 4.69) is 30.2 Å². The quantitative estimate of drug-likeness (QED) is 0.867. The number of nitrogens with one attached hydrogen (secondary N) is 1. The Morgan fingerprint density at radius 3 is 2.83 bits per heavy atom. The van der Waals surface area contributed by atoms with Crippen LogP contribution in [0, 0.1) is 11.3 Å². The van der Waals surface area contributed by atoms with E-state index in [0.717, 1.165) is 34.7 Å². The Balaban J connectivity index is 1.88. The number of fused-ring (bicyclic) bond motifs is 1. The number of nitrogens with zero attached hydrogens (tertiary/aromatic N) is 1. The summed E-state index contributed by atoms with van der Waals surface area (Å²) in [5.41, 5.74) is 9.28. The van der Waals surface area contributed by atoms with Crippen molar-refractivity contribution in [1.82, 2.24) is 4.98 Å². The van der Waals surface area contributed by atoms with Crippen LogP contribution in [0.1, 0.15) is 20.3 Å². The summed E-state index contributed by atoms with van der Waals surface area (Å²) < 4.78 is 0. The molecule has 0 spiro atoms. The smallest absolute Gasteiger partial charge is 0.0743 e. The largest absolute Gasteiger partial charge is 0.396 e. The molecule has 0 radical (unpaired) electrons. The van der Waals surface area contributed by atoms with E-state index >= 15 is 0 Å². The molecule has 3 heteroatoms. The topological polar surface area (TPSA) is 50.9 Å². The van der Waals surface area contributed by atoms with E-state index in [1.165, 1.54) is 6.42 Å². The number of hydrogen-bond donors (Lipinski definition) is 2. The van der Waals surface area contributed by atoms with E-state index in [0.29, 0.717) is 5.41 Å². The van der Waals surface area contributed by atoms with Crippen LogP contribution in [0.15, 0.2) is 30.5 Å². The summed E-state index contributed by atoms with van der Waals surface area (Å²) in [6.07, 6.45) is 3.03. The molecule has 0 saturated heterocycles. The highest BCUT2D eigenvalue weighted by Gasteiger charge is 2.45. The molecule has 1 aromatic carbocycles. The first-order valence-corrected chi connectivity index (χ1v) is 6.45. The number of benzene rings is 1. The van der Waals surface area contributed by atoms with Gasteiger partial charge in [0.05, 0.1) is 23.1 Å². The van der Waals surface area contributed by atoms with E-state index in [9.17, 15) is 0 Å². The predicted molar refractivity (Wildman–Crippen MR) is 76.5 cm³/mol. The number of anilines is 2. The first-order valence-electron chi connectivity index (χ1n) is 6.45. The number of aromatic nitrogens is 1. The maximum Gasteiger partial charge on any atom is 0.0743 e. The fourth-order valence-corrected chi connectivity index (χ4v) is 2.50. The van der Waals surface area contributed by atoms with Gasteiger partial charge in [-0.2, -0.15) is 0 Å². The van der Waals surface area contributed by atoms with Gasteiger partial charge >= 0.3 is 0 Å². The minimum Gasteiger partial charge on any atom is -0.396 e. The van der Waals surface area contributed by atoms with E-state index in [4.69, 9.17) is 5.73 Å². The number of para-hydroxylation sites is 1. The fraction of sp³-hybridized carbons (Fsp3) is 0.400. The van der Waals surface area contributed by atoms with Crippen molar-refractivity contribution in [2.45, 2.75) is 20.3 Å². The molecular formula is C15H19N3. The lowest BCUT2D eigenvalue weighted by Crippen LogP contribution is -2.09. The van der Waals surface area contributed by atoms with Gasteiger partial charge in [-0.25, -0.2) is 0 Å². The lowest BCUT2D eigenvalue weighted by Gasteiger charge is -2.12. The Hall–Kier alpha value is -1.77. The molecule has 94 valence electrons. The SMILES string of the molecule is CC1(C)CC1CNc1c(N)cnc2ccccc12. The molecule has 1 heterocycles. The van der Waals surface area contributed by atoms with Crippen LogP contribution in [0.25, 0.3) is 10.9 Å². The van der Waals surface area contributed by atoms with Gasteiger partial charge in [0, 0.05) is 11.9 Å². The molecular weight excluding hydrogens is 222 g/mol. The number of rotatable bonds is 3. The maximum absolute atomic E-state index is 6.04. The van der Waals surface area contributed by atoms with Crippen LogP contribution >= 0.6 is 0 Å². The zero-order valence-electron chi connectivity index (χ0n) is 10.9. The summed E-state index contributed by atoms with van der Waals surface area (Å²) >= 11 is 0. The van der Waals surface area contributed by atoms with Crippen LogP contribution in [0.2, 0.25) is 0 Å². The van der Waals surface area contributed by atoms with Crippen LogP contribution in [0.5, 0.6) is 0 Å². The van der Waals surface area contributed by atoms with Crippen LogP contribution in [-0.2, 0) is 0 Å². The van der Waals surface area contributed by atoms with E-state index in [1.54, 1.807) is 6.20 Å². The standard InChI is InChI=1S/C15H19N3/c1-15(2)7-10(15)8-18-14-11-5-3-4-6-13(11)17-9-12(14)16/h3-6,9-10H,7-8,16H2,1-2H3,(H,17,18). The van der Waals surface area contributed by atoms with Crippen LogP contribution in [0.3, 0.4) is 0 Å². The molecule has 1 fully saturated rings. The van der Waals surface area contributed by atoms with Crippen LogP contribution < -0.4 is 11.1 Å². The third-order valence-electron chi connectivity index (χ3n) is 4.05. The molecule has 3 rings (SSSR count). The second kappa shape index (κ2) is 3.87. The van der Waals surface area contributed by atoms with Gasteiger partial charge in [0.1, 0.15) is 0 Å².